The minimum Gasteiger partial charge on any atom is -0.426 e. The fourth-order valence-corrected chi connectivity index (χ4v) is 1.93. The van der Waals surface area contributed by atoms with E-state index in [0.29, 0.717) is 5.75 Å². The van der Waals surface area contributed by atoms with E-state index in [-0.39, 0.29) is 17.3 Å². The average Bonchev–Trinajstić information content (AvgIpc) is 2.47. The first kappa shape index (κ1) is 18.2. The normalized spacial score (nSPS) is 14.2. The molecule has 1 aromatic rings. The molecule has 0 spiro atoms. The lowest BCUT2D eigenvalue weighted by Gasteiger charge is -2.25. The summed E-state index contributed by atoms with van der Waals surface area (Å²) in [6.45, 7) is 12.2. The standard InChI is InChI=1S/C20H28O2/c1-7-9-10-16(8-2)17-11-13-18(14-12-17)22-19(21)15(3)20(4,5)6/h7,9-15H,8H2,1-6H3/b9-7-,16-10+. The molecule has 0 heterocycles. The maximum Gasteiger partial charge on any atom is 0.314 e. The van der Waals surface area contributed by atoms with Gasteiger partial charge in [0.2, 0.25) is 0 Å². The van der Waals surface area contributed by atoms with Crippen LogP contribution in [-0.4, -0.2) is 5.97 Å². The van der Waals surface area contributed by atoms with Gasteiger partial charge in [0.25, 0.3) is 0 Å². The van der Waals surface area contributed by atoms with Gasteiger partial charge in [-0.3, -0.25) is 4.79 Å². The number of carbonyl (C=O) groups is 1. The topological polar surface area (TPSA) is 26.3 Å². The zero-order valence-electron chi connectivity index (χ0n) is 14.6. The highest BCUT2D eigenvalue weighted by Crippen LogP contribution is 2.28. The van der Waals surface area contributed by atoms with Gasteiger partial charge >= 0.3 is 5.97 Å². The lowest BCUT2D eigenvalue weighted by molar-refractivity contribution is -0.141. The maximum atomic E-state index is 12.1. The third kappa shape index (κ3) is 5.18. The van der Waals surface area contributed by atoms with Gasteiger partial charge in [0, 0.05) is 0 Å². The van der Waals surface area contributed by atoms with Crippen molar-refractivity contribution in [2.75, 3.05) is 0 Å². The van der Waals surface area contributed by atoms with Crippen LogP contribution in [0.4, 0.5) is 0 Å². The highest BCUT2D eigenvalue weighted by atomic mass is 16.5. The number of ether oxygens (including phenoxy) is 1. The summed E-state index contributed by atoms with van der Waals surface area (Å²) in [5.74, 6) is 0.278. The molecule has 2 nitrogen and oxygen atoms in total. The van der Waals surface area contributed by atoms with Crippen molar-refractivity contribution >= 4 is 11.5 Å². The van der Waals surface area contributed by atoms with Crippen molar-refractivity contribution in [3.05, 3.63) is 48.1 Å². The largest absolute Gasteiger partial charge is 0.426 e. The fraction of sp³-hybridized carbons (Fsp3) is 0.450. The summed E-state index contributed by atoms with van der Waals surface area (Å²) in [4.78, 5) is 12.1. The zero-order valence-corrected chi connectivity index (χ0v) is 14.6. The Morgan fingerprint density at radius 2 is 1.82 bits per heavy atom. The van der Waals surface area contributed by atoms with Crippen molar-refractivity contribution in [1.29, 1.82) is 0 Å². The van der Waals surface area contributed by atoms with Crippen LogP contribution in [0.1, 0.15) is 53.5 Å². The predicted octanol–water partition coefficient (Wildman–Crippen LogP) is 5.64. The van der Waals surface area contributed by atoms with Gasteiger partial charge in [-0.2, -0.15) is 0 Å². The first-order chi connectivity index (χ1) is 10.3. The number of rotatable bonds is 5. The van der Waals surface area contributed by atoms with Gasteiger partial charge in [0.1, 0.15) is 5.75 Å². The minimum absolute atomic E-state index is 0.0956. The molecule has 0 amide bonds. The van der Waals surface area contributed by atoms with Gasteiger partial charge in [-0.05, 0) is 42.0 Å². The van der Waals surface area contributed by atoms with E-state index in [0.717, 1.165) is 12.0 Å². The Morgan fingerprint density at radius 1 is 1.23 bits per heavy atom. The Hall–Kier alpha value is -1.83. The zero-order chi connectivity index (χ0) is 16.8. The summed E-state index contributed by atoms with van der Waals surface area (Å²) in [5, 5.41) is 0. The Balaban J connectivity index is 2.83. The molecular weight excluding hydrogens is 272 g/mol. The average molecular weight is 300 g/mol. The summed E-state index contributed by atoms with van der Waals surface area (Å²) in [7, 11) is 0. The number of carbonyl (C=O) groups excluding carboxylic acids is 1. The third-order valence-electron chi connectivity index (χ3n) is 3.97. The van der Waals surface area contributed by atoms with Crippen molar-refractivity contribution < 1.29 is 9.53 Å². The van der Waals surface area contributed by atoms with Gasteiger partial charge in [-0.25, -0.2) is 0 Å². The molecule has 1 aromatic carbocycles. The van der Waals surface area contributed by atoms with Crippen LogP contribution in [0, 0.1) is 11.3 Å². The second-order valence-electron chi connectivity index (χ2n) is 6.60. The molecule has 0 fully saturated rings. The summed E-state index contributed by atoms with van der Waals surface area (Å²) in [6, 6.07) is 7.73. The molecule has 1 unspecified atom stereocenters. The van der Waals surface area contributed by atoms with Gasteiger partial charge in [0.05, 0.1) is 5.92 Å². The molecule has 0 N–H and O–H groups in total. The van der Waals surface area contributed by atoms with E-state index in [9.17, 15) is 4.79 Å². The van der Waals surface area contributed by atoms with Crippen LogP contribution in [0.15, 0.2) is 42.5 Å². The molecule has 0 saturated heterocycles. The Morgan fingerprint density at radius 3 is 2.27 bits per heavy atom. The van der Waals surface area contributed by atoms with Gasteiger partial charge in [0.15, 0.2) is 0 Å². The van der Waals surface area contributed by atoms with Crippen LogP contribution in [0.2, 0.25) is 0 Å². The molecule has 0 saturated carbocycles. The van der Waals surface area contributed by atoms with Crippen LogP contribution in [0.5, 0.6) is 5.75 Å². The molecule has 120 valence electrons. The number of allylic oxidation sites excluding steroid dienone is 4. The van der Waals surface area contributed by atoms with Gasteiger partial charge in [-0.1, -0.05) is 65.0 Å². The fourth-order valence-electron chi connectivity index (χ4n) is 1.93. The van der Waals surface area contributed by atoms with Crippen molar-refractivity contribution in [2.24, 2.45) is 11.3 Å². The SMILES string of the molecule is C/C=C\C=C(/CC)c1ccc(OC(=O)C(C)C(C)(C)C)cc1. The molecule has 0 aromatic heterocycles. The molecule has 1 atom stereocenters. The quantitative estimate of drug-likeness (QED) is 0.399. The van der Waals surface area contributed by atoms with Crippen molar-refractivity contribution in [3.8, 4) is 5.75 Å². The molecule has 2 heteroatoms. The second kappa shape index (κ2) is 7.98. The van der Waals surface area contributed by atoms with Crippen LogP contribution in [0.3, 0.4) is 0 Å². The number of esters is 1. The molecule has 0 bridgehead atoms. The number of hydrogen-bond acceptors (Lipinski definition) is 2. The van der Waals surface area contributed by atoms with Crippen LogP contribution in [-0.2, 0) is 4.79 Å². The Bertz CT molecular complexity index is 542. The number of hydrogen-bond donors (Lipinski definition) is 0. The monoisotopic (exact) mass is 300 g/mol. The van der Waals surface area contributed by atoms with Crippen LogP contribution in [0.25, 0.3) is 5.57 Å². The highest BCUT2D eigenvalue weighted by molar-refractivity contribution is 5.76. The third-order valence-corrected chi connectivity index (χ3v) is 3.97. The number of benzene rings is 1. The summed E-state index contributed by atoms with van der Waals surface area (Å²) < 4.78 is 5.48. The molecular formula is C20H28O2. The van der Waals surface area contributed by atoms with Crippen LogP contribution < -0.4 is 4.74 Å². The first-order valence-electron chi connectivity index (χ1n) is 7.93. The van der Waals surface area contributed by atoms with Gasteiger partial charge in [-0.15, -0.1) is 0 Å². The molecule has 0 radical (unpaired) electrons. The molecule has 22 heavy (non-hydrogen) atoms. The minimum atomic E-state index is -0.180. The summed E-state index contributed by atoms with van der Waals surface area (Å²) >= 11 is 0. The van der Waals surface area contributed by atoms with E-state index in [4.69, 9.17) is 4.74 Å². The van der Waals surface area contributed by atoms with Crippen molar-refractivity contribution in [2.45, 2.75) is 48.0 Å². The second-order valence-corrected chi connectivity index (χ2v) is 6.60. The van der Waals surface area contributed by atoms with E-state index < -0.39 is 0 Å². The highest BCUT2D eigenvalue weighted by Gasteiger charge is 2.28. The smallest absolute Gasteiger partial charge is 0.314 e. The molecule has 0 aliphatic heterocycles. The summed E-state index contributed by atoms with van der Waals surface area (Å²) in [5.41, 5.74) is 2.32. The molecule has 0 aliphatic rings. The summed E-state index contributed by atoms with van der Waals surface area (Å²) in [6.07, 6.45) is 7.13. The van der Waals surface area contributed by atoms with E-state index in [1.807, 2.05) is 71.0 Å². The lowest BCUT2D eigenvalue weighted by Crippen LogP contribution is -2.29. The van der Waals surface area contributed by atoms with Crippen LogP contribution >= 0.6 is 0 Å². The van der Waals surface area contributed by atoms with Crippen molar-refractivity contribution in [3.63, 3.8) is 0 Å². The molecule has 0 aliphatic carbocycles. The Labute approximate surface area is 134 Å². The van der Waals surface area contributed by atoms with E-state index >= 15 is 0 Å². The predicted molar refractivity (Wildman–Crippen MR) is 93.8 cm³/mol. The maximum absolute atomic E-state index is 12.1. The van der Waals surface area contributed by atoms with Gasteiger partial charge < -0.3 is 4.74 Å². The van der Waals surface area contributed by atoms with E-state index in [2.05, 4.69) is 13.0 Å². The lowest BCUT2D eigenvalue weighted by atomic mass is 9.82. The molecule has 1 rings (SSSR count). The van der Waals surface area contributed by atoms with Crippen molar-refractivity contribution in [1.82, 2.24) is 0 Å². The van der Waals surface area contributed by atoms with E-state index in [1.165, 1.54) is 5.57 Å². The first-order valence-corrected chi connectivity index (χ1v) is 7.93. The Kier molecular flexibility index (Phi) is 6.61. The van der Waals surface area contributed by atoms with E-state index in [1.54, 1.807) is 0 Å².